The highest BCUT2D eigenvalue weighted by Gasteiger charge is 2.10. The van der Waals surface area contributed by atoms with Crippen LogP contribution in [0.25, 0.3) is 0 Å². The summed E-state index contributed by atoms with van der Waals surface area (Å²) in [5, 5.41) is 10.1. The first-order chi connectivity index (χ1) is 4.04. The Morgan fingerprint density at radius 3 is 2.22 bits per heavy atom. The first kappa shape index (κ1) is 7.74. The van der Waals surface area contributed by atoms with Crippen LogP contribution in [0.2, 0.25) is 0 Å². The smallest absolute Gasteiger partial charge is 0.325 e. The van der Waals surface area contributed by atoms with Gasteiger partial charge in [-0.15, -0.1) is 0 Å². The molecule has 1 atom stereocenters. The van der Waals surface area contributed by atoms with Gasteiger partial charge in [0.1, 0.15) is 6.04 Å². The molecule has 0 aliphatic rings. The lowest BCUT2D eigenvalue weighted by atomic mass is 10.3. The van der Waals surface area contributed by atoms with Gasteiger partial charge in [-0.2, -0.15) is 0 Å². The second-order valence-electron chi connectivity index (χ2n) is 1.57. The highest BCUT2D eigenvalue weighted by atomic mass is 16.4. The molecule has 52 valence electrons. The zero-order chi connectivity index (χ0) is 7.44. The van der Waals surface area contributed by atoms with E-state index < -0.39 is 18.0 Å². The number of carboxylic acids is 1. The van der Waals surface area contributed by atoms with Gasteiger partial charge in [-0.25, -0.2) is 4.79 Å². The van der Waals surface area contributed by atoms with E-state index >= 15 is 0 Å². The fourth-order valence-corrected chi connectivity index (χ4v) is 0.275. The number of nitrogens with two attached hydrogens (primary N) is 1. The van der Waals surface area contributed by atoms with Gasteiger partial charge in [0, 0.05) is 0 Å². The number of urea groups is 1. The molecule has 0 heterocycles. The van der Waals surface area contributed by atoms with Crippen molar-refractivity contribution in [2.24, 2.45) is 5.73 Å². The Hall–Kier alpha value is -1.26. The monoisotopic (exact) mass is 132 g/mol. The summed E-state index contributed by atoms with van der Waals surface area (Å²) in [5.74, 6) is -1.10. The molecule has 5 nitrogen and oxygen atoms in total. The molecule has 0 radical (unpaired) electrons. The Balaban J connectivity index is 3.63. The molecular formula is C4H8N2O3. The zero-order valence-electron chi connectivity index (χ0n) is 4.92. The maximum Gasteiger partial charge on any atom is 0.325 e. The predicted octanol–water partition coefficient (Wildman–Crippen LogP) is -0.872. The predicted molar refractivity (Wildman–Crippen MR) is 29.8 cm³/mol. The van der Waals surface area contributed by atoms with E-state index in [1.54, 1.807) is 0 Å². The standard InChI is InChI=1S/C4H8N2O3/c1-2(3(7)8)6-4(5)9/h2H,1H3,(H,7,8)(H3,5,6,9)/t2-/m1/s1. The first-order valence-electron chi connectivity index (χ1n) is 2.33. The molecule has 0 rings (SSSR count). The summed E-state index contributed by atoms with van der Waals surface area (Å²) in [6.45, 7) is 1.33. The molecule has 0 aromatic carbocycles. The van der Waals surface area contributed by atoms with E-state index in [0.717, 1.165) is 0 Å². The van der Waals surface area contributed by atoms with Gasteiger partial charge in [-0.3, -0.25) is 4.79 Å². The summed E-state index contributed by atoms with van der Waals surface area (Å²) in [7, 11) is 0. The van der Waals surface area contributed by atoms with E-state index in [2.05, 4.69) is 5.73 Å². The van der Waals surface area contributed by atoms with Crippen LogP contribution in [0.15, 0.2) is 0 Å². The molecule has 0 saturated heterocycles. The van der Waals surface area contributed by atoms with Crippen LogP contribution >= 0.6 is 0 Å². The first-order valence-corrected chi connectivity index (χ1v) is 2.33. The van der Waals surface area contributed by atoms with Gasteiger partial charge in [0.25, 0.3) is 0 Å². The van der Waals surface area contributed by atoms with Crippen LogP contribution in [0.5, 0.6) is 0 Å². The lowest BCUT2D eigenvalue weighted by Gasteiger charge is -2.04. The summed E-state index contributed by atoms with van der Waals surface area (Å²) in [4.78, 5) is 19.9. The van der Waals surface area contributed by atoms with Crippen LogP contribution in [0.1, 0.15) is 6.92 Å². The number of hydrogen-bond acceptors (Lipinski definition) is 2. The normalized spacial score (nSPS) is 12.1. The van der Waals surface area contributed by atoms with Gasteiger partial charge in [0.05, 0.1) is 0 Å². The third kappa shape index (κ3) is 3.33. The third-order valence-corrected chi connectivity index (χ3v) is 0.729. The van der Waals surface area contributed by atoms with Crippen LogP contribution in [0, 0.1) is 0 Å². The van der Waals surface area contributed by atoms with E-state index in [-0.39, 0.29) is 0 Å². The van der Waals surface area contributed by atoms with Gasteiger partial charge in [0.2, 0.25) is 0 Å². The van der Waals surface area contributed by atoms with Crippen molar-refractivity contribution >= 4 is 12.0 Å². The molecule has 0 aliphatic carbocycles. The summed E-state index contributed by atoms with van der Waals surface area (Å²) >= 11 is 0. The summed E-state index contributed by atoms with van der Waals surface area (Å²) in [6, 6.07) is -1.74. The van der Waals surface area contributed by atoms with E-state index in [1.807, 2.05) is 5.32 Å². The molecule has 0 saturated carbocycles. The van der Waals surface area contributed by atoms with Crippen molar-refractivity contribution in [2.45, 2.75) is 13.0 Å². The zero-order valence-corrected chi connectivity index (χ0v) is 4.92. The van der Waals surface area contributed by atoms with Gasteiger partial charge in [0.15, 0.2) is 0 Å². The average molecular weight is 132 g/mol. The molecule has 0 aromatic rings. The number of rotatable bonds is 2. The molecule has 9 heavy (non-hydrogen) atoms. The number of carbonyl (C=O) groups excluding carboxylic acids is 1. The Labute approximate surface area is 51.8 Å². The lowest BCUT2D eigenvalue weighted by molar-refractivity contribution is -0.138. The van der Waals surface area contributed by atoms with Gasteiger partial charge < -0.3 is 16.2 Å². The third-order valence-electron chi connectivity index (χ3n) is 0.729. The molecule has 0 spiro atoms. The van der Waals surface area contributed by atoms with Crippen LogP contribution in [0.4, 0.5) is 4.79 Å². The summed E-state index contributed by atoms with van der Waals surface area (Å²) in [5.41, 5.74) is 4.62. The number of nitrogens with one attached hydrogen (secondary N) is 1. The number of carboxylic acid groups (broad SMARTS) is 1. The highest BCUT2D eigenvalue weighted by molar-refractivity contribution is 5.81. The molecule has 4 N–H and O–H groups in total. The number of primary amides is 1. The Kier molecular flexibility index (Phi) is 2.50. The minimum Gasteiger partial charge on any atom is -0.480 e. The Morgan fingerprint density at radius 2 is 2.11 bits per heavy atom. The molecule has 0 aromatic heterocycles. The number of hydrogen-bond donors (Lipinski definition) is 3. The number of amides is 2. The number of aliphatic carboxylic acids is 1. The highest BCUT2D eigenvalue weighted by Crippen LogP contribution is 1.77. The van der Waals surface area contributed by atoms with Crippen LogP contribution < -0.4 is 11.1 Å². The van der Waals surface area contributed by atoms with Crippen LogP contribution in [-0.2, 0) is 4.79 Å². The maximum absolute atomic E-state index is 9.96. The average Bonchev–Trinajstić information content (AvgIpc) is 1.63. The van der Waals surface area contributed by atoms with E-state index in [1.165, 1.54) is 6.92 Å². The molecule has 0 bridgehead atoms. The van der Waals surface area contributed by atoms with Crippen molar-refractivity contribution in [1.29, 1.82) is 0 Å². The van der Waals surface area contributed by atoms with Crippen molar-refractivity contribution in [3.05, 3.63) is 0 Å². The van der Waals surface area contributed by atoms with Crippen molar-refractivity contribution in [2.75, 3.05) is 0 Å². The summed E-state index contributed by atoms with van der Waals surface area (Å²) < 4.78 is 0. The van der Waals surface area contributed by atoms with Crippen molar-refractivity contribution in [3.63, 3.8) is 0 Å². The van der Waals surface area contributed by atoms with E-state index in [9.17, 15) is 9.59 Å². The van der Waals surface area contributed by atoms with E-state index in [0.29, 0.717) is 0 Å². The molecule has 2 amide bonds. The van der Waals surface area contributed by atoms with E-state index in [4.69, 9.17) is 5.11 Å². The molecule has 0 aliphatic heterocycles. The van der Waals surface area contributed by atoms with Crippen LogP contribution in [0.3, 0.4) is 0 Å². The molecular weight excluding hydrogens is 124 g/mol. The quantitative estimate of drug-likeness (QED) is 0.456. The Morgan fingerprint density at radius 1 is 1.67 bits per heavy atom. The largest absolute Gasteiger partial charge is 0.480 e. The second-order valence-corrected chi connectivity index (χ2v) is 1.57. The van der Waals surface area contributed by atoms with Gasteiger partial charge in [-0.1, -0.05) is 0 Å². The fraction of sp³-hybridized carbons (Fsp3) is 0.500. The Bertz CT molecular complexity index is 134. The molecule has 0 fully saturated rings. The topological polar surface area (TPSA) is 92.4 Å². The SMILES string of the molecule is C[C@@H](NC(N)=O)C(=O)O. The van der Waals surface area contributed by atoms with Gasteiger partial charge >= 0.3 is 12.0 Å². The van der Waals surface area contributed by atoms with Gasteiger partial charge in [-0.05, 0) is 6.92 Å². The minimum absolute atomic E-state index is 0.829. The van der Waals surface area contributed by atoms with Crippen molar-refractivity contribution < 1.29 is 14.7 Å². The van der Waals surface area contributed by atoms with Crippen molar-refractivity contribution in [3.8, 4) is 0 Å². The summed E-state index contributed by atoms with van der Waals surface area (Å²) in [6.07, 6.45) is 0. The second kappa shape index (κ2) is 2.91. The minimum atomic E-state index is -1.10. The molecule has 0 unspecified atom stereocenters. The fourth-order valence-electron chi connectivity index (χ4n) is 0.275. The van der Waals surface area contributed by atoms with Crippen LogP contribution in [-0.4, -0.2) is 23.1 Å². The number of carbonyl (C=O) groups is 2. The molecule has 5 heteroatoms. The van der Waals surface area contributed by atoms with Crippen molar-refractivity contribution in [1.82, 2.24) is 5.32 Å². The lowest BCUT2D eigenvalue weighted by Crippen LogP contribution is -2.41. The maximum atomic E-state index is 9.96.